The van der Waals surface area contributed by atoms with Crippen molar-refractivity contribution < 1.29 is 19.1 Å². The third kappa shape index (κ3) is 5.21. The molecule has 0 unspecified atom stereocenters. The Bertz CT molecular complexity index is 344. The summed E-state index contributed by atoms with van der Waals surface area (Å²) in [5.41, 5.74) is 0. The van der Waals surface area contributed by atoms with E-state index < -0.39 is 6.10 Å². The molecule has 1 saturated carbocycles. The van der Waals surface area contributed by atoms with Gasteiger partial charge >= 0.3 is 0 Å². The number of hydrogen-bond donors (Lipinski definition) is 0. The molecule has 1 aliphatic heterocycles. The number of hydrogen-bond acceptors (Lipinski definition) is 4. The van der Waals surface area contributed by atoms with Gasteiger partial charge in [0, 0.05) is 13.2 Å². The molecular formula is C17H31NO4. The van der Waals surface area contributed by atoms with E-state index in [9.17, 15) is 4.79 Å². The summed E-state index contributed by atoms with van der Waals surface area (Å²) in [5.74, 6) is 1.09. The molecule has 0 aromatic rings. The zero-order valence-corrected chi connectivity index (χ0v) is 14.3. The molecule has 0 N–H and O–H groups in total. The van der Waals surface area contributed by atoms with E-state index in [-0.39, 0.29) is 12.0 Å². The maximum absolute atomic E-state index is 12.5. The predicted molar refractivity (Wildman–Crippen MR) is 84.2 cm³/mol. The molecule has 22 heavy (non-hydrogen) atoms. The lowest BCUT2D eigenvalue weighted by atomic mass is 9.88. The Morgan fingerprint density at radius 2 is 2.00 bits per heavy atom. The highest BCUT2D eigenvalue weighted by Gasteiger charge is 2.29. The van der Waals surface area contributed by atoms with Crippen molar-refractivity contribution in [1.82, 2.24) is 5.06 Å². The molecule has 2 fully saturated rings. The summed E-state index contributed by atoms with van der Waals surface area (Å²) >= 11 is 0. The average molecular weight is 313 g/mol. The molecule has 1 amide bonds. The first kappa shape index (κ1) is 17.7. The highest BCUT2D eigenvalue weighted by Crippen LogP contribution is 2.27. The molecule has 0 aromatic carbocycles. The molecule has 0 spiro atoms. The Kier molecular flexibility index (Phi) is 7.12. The minimum absolute atomic E-state index is 0.0628. The zero-order chi connectivity index (χ0) is 15.9. The van der Waals surface area contributed by atoms with Crippen LogP contribution in [0.1, 0.15) is 52.4 Å². The third-order valence-electron chi connectivity index (χ3n) is 4.86. The molecule has 5 nitrogen and oxygen atoms in total. The van der Waals surface area contributed by atoms with E-state index in [2.05, 4.69) is 6.92 Å². The highest BCUT2D eigenvalue weighted by molar-refractivity contribution is 5.79. The first-order valence-corrected chi connectivity index (χ1v) is 8.68. The molecule has 2 rings (SSSR count). The van der Waals surface area contributed by atoms with Crippen LogP contribution >= 0.6 is 0 Å². The van der Waals surface area contributed by atoms with Crippen LogP contribution in [0.4, 0.5) is 0 Å². The largest absolute Gasteiger partial charge is 0.381 e. The quantitative estimate of drug-likeness (QED) is 0.708. The van der Waals surface area contributed by atoms with E-state index in [0.717, 1.165) is 38.9 Å². The fourth-order valence-electron chi connectivity index (χ4n) is 3.47. The fourth-order valence-corrected chi connectivity index (χ4v) is 3.47. The molecule has 0 radical (unpaired) electrons. The maximum Gasteiger partial charge on any atom is 0.274 e. The summed E-state index contributed by atoms with van der Waals surface area (Å²) < 4.78 is 11.4. The van der Waals surface area contributed by atoms with Gasteiger partial charge in [0.15, 0.2) is 0 Å². The van der Waals surface area contributed by atoms with Gasteiger partial charge in [-0.15, -0.1) is 0 Å². The van der Waals surface area contributed by atoms with Crippen LogP contribution in [0.25, 0.3) is 0 Å². The van der Waals surface area contributed by atoms with Crippen molar-refractivity contribution >= 4 is 5.91 Å². The van der Waals surface area contributed by atoms with Crippen LogP contribution in [0.2, 0.25) is 0 Å². The number of nitrogens with zero attached hydrogens (tertiary/aromatic N) is 1. The van der Waals surface area contributed by atoms with Crippen molar-refractivity contribution in [1.29, 1.82) is 0 Å². The molecule has 2 aliphatic rings. The van der Waals surface area contributed by atoms with Crippen molar-refractivity contribution in [2.24, 2.45) is 11.8 Å². The van der Waals surface area contributed by atoms with Crippen LogP contribution in [-0.4, -0.2) is 50.0 Å². The van der Waals surface area contributed by atoms with Crippen molar-refractivity contribution in [3.63, 3.8) is 0 Å². The lowest BCUT2D eigenvalue weighted by molar-refractivity contribution is -0.195. The van der Waals surface area contributed by atoms with Crippen LogP contribution < -0.4 is 0 Å². The fraction of sp³-hybridized carbons (Fsp3) is 0.941. The van der Waals surface area contributed by atoms with E-state index in [1.165, 1.54) is 17.9 Å². The van der Waals surface area contributed by atoms with Crippen molar-refractivity contribution in [3.8, 4) is 0 Å². The minimum Gasteiger partial charge on any atom is -0.381 e. The standard InChI is InChI=1S/C17H31NO4/c1-13-5-4-6-16(11-13)22-14(2)17(19)18(20-3)12-15-7-9-21-10-8-15/h13-16H,4-12H2,1-3H3/t13-,14+,16-/m1/s1. The predicted octanol–water partition coefficient (Wildman–Crippen LogP) is 2.79. The van der Waals surface area contributed by atoms with Crippen LogP contribution in [0.5, 0.6) is 0 Å². The number of rotatable bonds is 6. The molecule has 0 aromatic heterocycles. The van der Waals surface area contributed by atoms with Crippen molar-refractivity contribution in [2.75, 3.05) is 26.9 Å². The van der Waals surface area contributed by atoms with Gasteiger partial charge in [-0.05, 0) is 44.4 Å². The number of carbonyl (C=O) groups excluding carboxylic acids is 1. The summed E-state index contributed by atoms with van der Waals surface area (Å²) in [6, 6.07) is 0. The second-order valence-electron chi connectivity index (χ2n) is 6.81. The summed E-state index contributed by atoms with van der Waals surface area (Å²) in [4.78, 5) is 17.9. The average Bonchev–Trinajstić information content (AvgIpc) is 2.53. The SMILES string of the molecule is CON(CC1CCOCC1)C(=O)[C@H](C)O[C@@H]1CCC[C@@H](C)C1. The van der Waals surface area contributed by atoms with Crippen LogP contribution in [0.3, 0.4) is 0 Å². The summed E-state index contributed by atoms with van der Waals surface area (Å²) in [5, 5.41) is 1.48. The maximum atomic E-state index is 12.5. The number of carbonyl (C=O) groups is 1. The van der Waals surface area contributed by atoms with E-state index >= 15 is 0 Å². The van der Waals surface area contributed by atoms with E-state index in [0.29, 0.717) is 18.4 Å². The van der Waals surface area contributed by atoms with Gasteiger partial charge in [0.25, 0.3) is 5.91 Å². The van der Waals surface area contributed by atoms with Gasteiger partial charge in [-0.3, -0.25) is 9.63 Å². The molecule has 1 aliphatic carbocycles. The lowest BCUT2D eigenvalue weighted by Gasteiger charge is -2.32. The molecule has 1 saturated heterocycles. The highest BCUT2D eigenvalue weighted by atomic mass is 16.7. The topological polar surface area (TPSA) is 48.0 Å². The summed E-state index contributed by atoms with van der Waals surface area (Å²) in [6.45, 7) is 6.30. The monoisotopic (exact) mass is 313 g/mol. The molecule has 5 heteroatoms. The second kappa shape index (κ2) is 8.85. The van der Waals surface area contributed by atoms with Crippen LogP contribution in [-0.2, 0) is 19.1 Å². The van der Waals surface area contributed by atoms with Crippen LogP contribution in [0, 0.1) is 11.8 Å². The normalized spacial score (nSPS) is 28.3. The van der Waals surface area contributed by atoms with Gasteiger partial charge in [0.2, 0.25) is 0 Å². The molecular weight excluding hydrogens is 282 g/mol. The van der Waals surface area contributed by atoms with Gasteiger partial charge in [-0.25, -0.2) is 5.06 Å². The number of ether oxygens (including phenoxy) is 2. The minimum atomic E-state index is -0.435. The van der Waals surface area contributed by atoms with E-state index in [1.807, 2.05) is 6.92 Å². The summed E-state index contributed by atoms with van der Waals surface area (Å²) in [6.07, 6.45) is 6.35. The third-order valence-corrected chi connectivity index (χ3v) is 4.86. The number of hydroxylamine groups is 2. The smallest absolute Gasteiger partial charge is 0.274 e. The van der Waals surface area contributed by atoms with E-state index in [1.54, 1.807) is 7.11 Å². The number of amides is 1. The Hall–Kier alpha value is -0.650. The van der Waals surface area contributed by atoms with Crippen molar-refractivity contribution in [3.05, 3.63) is 0 Å². The first-order chi connectivity index (χ1) is 10.6. The van der Waals surface area contributed by atoms with E-state index in [4.69, 9.17) is 14.3 Å². The van der Waals surface area contributed by atoms with Gasteiger partial charge in [0.05, 0.1) is 19.8 Å². The second-order valence-corrected chi connectivity index (χ2v) is 6.81. The Labute approximate surface area is 134 Å². The summed E-state index contributed by atoms with van der Waals surface area (Å²) in [7, 11) is 1.56. The van der Waals surface area contributed by atoms with Gasteiger partial charge in [-0.2, -0.15) is 0 Å². The molecule has 128 valence electrons. The first-order valence-electron chi connectivity index (χ1n) is 8.68. The van der Waals surface area contributed by atoms with Crippen molar-refractivity contribution in [2.45, 2.75) is 64.6 Å². The molecule has 1 heterocycles. The van der Waals surface area contributed by atoms with Gasteiger partial charge < -0.3 is 9.47 Å². The Morgan fingerprint density at radius 1 is 1.27 bits per heavy atom. The zero-order valence-electron chi connectivity index (χ0n) is 14.3. The Morgan fingerprint density at radius 3 is 2.64 bits per heavy atom. The lowest BCUT2D eigenvalue weighted by Crippen LogP contribution is -2.43. The van der Waals surface area contributed by atoms with Gasteiger partial charge in [0.1, 0.15) is 6.10 Å². The van der Waals surface area contributed by atoms with Gasteiger partial charge in [-0.1, -0.05) is 19.8 Å². The molecule has 3 atom stereocenters. The Balaban J connectivity index is 1.81. The van der Waals surface area contributed by atoms with Crippen LogP contribution in [0.15, 0.2) is 0 Å². The molecule has 0 bridgehead atoms.